The quantitative estimate of drug-likeness (QED) is 0.500. The first-order chi connectivity index (χ1) is 12.8. The first-order valence-corrected chi connectivity index (χ1v) is 9.48. The summed E-state index contributed by atoms with van der Waals surface area (Å²) < 4.78 is 1.87. The fourth-order valence-corrected chi connectivity index (χ4v) is 3.32. The van der Waals surface area contributed by atoms with Gasteiger partial charge in [-0.15, -0.1) is 10.2 Å². The second-order valence-electron chi connectivity index (χ2n) is 5.99. The third-order valence-electron chi connectivity index (χ3n) is 3.92. The summed E-state index contributed by atoms with van der Waals surface area (Å²) in [7, 11) is 0. The molecule has 0 aliphatic carbocycles. The van der Waals surface area contributed by atoms with Gasteiger partial charge in [-0.2, -0.15) is 0 Å². The summed E-state index contributed by atoms with van der Waals surface area (Å²) in [5, 5.41) is 11.3. The predicted octanol–water partition coefficient (Wildman–Crippen LogP) is 2.04. The maximum Gasteiger partial charge on any atom is 0.237 e. The van der Waals surface area contributed by atoms with Crippen LogP contribution in [0.25, 0.3) is 0 Å². The van der Waals surface area contributed by atoms with Crippen LogP contribution in [0.3, 0.4) is 0 Å². The Morgan fingerprint density at radius 3 is 2.44 bits per heavy atom. The molecule has 1 atom stereocenters. The van der Waals surface area contributed by atoms with E-state index in [1.807, 2.05) is 11.5 Å². The average molecular weight is 389 g/mol. The Morgan fingerprint density at radius 2 is 1.89 bits per heavy atom. The zero-order valence-corrected chi connectivity index (χ0v) is 16.4. The van der Waals surface area contributed by atoms with Crippen LogP contribution in [0.2, 0.25) is 0 Å². The first-order valence-electron chi connectivity index (χ1n) is 8.60. The van der Waals surface area contributed by atoms with Crippen molar-refractivity contribution in [3.8, 4) is 0 Å². The highest BCUT2D eigenvalue weighted by Crippen LogP contribution is 2.24. The highest BCUT2D eigenvalue weighted by Gasteiger charge is 2.20. The van der Waals surface area contributed by atoms with Gasteiger partial charge in [0.05, 0.1) is 5.25 Å². The lowest BCUT2D eigenvalue weighted by Crippen LogP contribution is -2.23. The molecular formula is C18H23N5O3S. The molecule has 0 spiro atoms. The molecule has 1 aromatic carbocycles. The highest BCUT2D eigenvalue weighted by molar-refractivity contribution is 8.00. The zero-order chi connectivity index (χ0) is 20.0. The van der Waals surface area contributed by atoms with E-state index in [1.54, 1.807) is 31.2 Å². The number of thioether (sulfide) groups is 1. The van der Waals surface area contributed by atoms with Crippen LogP contribution in [-0.2, 0) is 22.6 Å². The van der Waals surface area contributed by atoms with Crippen molar-refractivity contribution >= 4 is 35.0 Å². The highest BCUT2D eigenvalue weighted by atomic mass is 32.2. The Balaban J connectivity index is 2.01. The van der Waals surface area contributed by atoms with E-state index in [4.69, 9.17) is 5.73 Å². The molecule has 0 aliphatic rings. The van der Waals surface area contributed by atoms with Crippen LogP contribution in [0.5, 0.6) is 0 Å². The second kappa shape index (κ2) is 9.31. The number of carbonyl (C=O) groups excluding carboxylic acids is 3. The van der Waals surface area contributed by atoms with Crippen LogP contribution in [0.15, 0.2) is 29.4 Å². The number of rotatable bonds is 9. The van der Waals surface area contributed by atoms with Gasteiger partial charge < -0.3 is 15.6 Å². The number of hydrogen-bond acceptors (Lipinski definition) is 6. The topological polar surface area (TPSA) is 120 Å². The van der Waals surface area contributed by atoms with Gasteiger partial charge in [0.15, 0.2) is 10.9 Å². The molecule has 144 valence electrons. The number of amides is 2. The van der Waals surface area contributed by atoms with Crippen LogP contribution in [0.1, 0.15) is 43.4 Å². The number of Topliss-reactive ketones (excluding diaryl/α,β-unsaturated/α-hetero) is 1. The molecule has 2 aromatic rings. The molecule has 8 nitrogen and oxygen atoms in total. The molecule has 0 fully saturated rings. The van der Waals surface area contributed by atoms with E-state index in [-0.39, 0.29) is 18.1 Å². The van der Waals surface area contributed by atoms with Crippen molar-refractivity contribution in [2.45, 2.75) is 50.6 Å². The molecule has 0 aliphatic heterocycles. The molecule has 0 saturated carbocycles. The Kier molecular flexibility index (Phi) is 7.12. The fourth-order valence-electron chi connectivity index (χ4n) is 2.39. The Labute approximate surface area is 161 Å². The standard InChI is InChI=1S/C18H23N5O3S/c1-4-23-16(10-9-15(19)25)21-22-18(23)27-12(3)17(26)20-14-7-5-13(6-8-14)11(2)24/h5-8,12H,4,9-10H2,1-3H3,(H2,19,25)(H,20,26)/t12-/m1/s1. The molecule has 0 radical (unpaired) electrons. The minimum absolute atomic E-state index is 0.0251. The van der Waals surface area contributed by atoms with Crippen LogP contribution < -0.4 is 11.1 Å². The van der Waals surface area contributed by atoms with E-state index in [0.717, 1.165) is 0 Å². The number of aryl methyl sites for hydroxylation is 1. The Morgan fingerprint density at radius 1 is 1.22 bits per heavy atom. The molecule has 1 heterocycles. The number of anilines is 1. The maximum absolute atomic E-state index is 12.4. The van der Waals surface area contributed by atoms with E-state index >= 15 is 0 Å². The van der Waals surface area contributed by atoms with Gasteiger partial charge in [0, 0.05) is 30.6 Å². The molecule has 2 rings (SSSR count). The molecule has 3 N–H and O–H groups in total. The third kappa shape index (κ3) is 5.65. The summed E-state index contributed by atoms with van der Waals surface area (Å²) in [6.45, 7) is 5.85. The van der Waals surface area contributed by atoms with Gasteiger partial charge in [-0.1, -0.05) is 11.8 Å². The SMILES string of the molecule is CCn1c(CCC(N)=O)nnc1S[C@H](C)C(=O)Nc1ccc(C(C)=O)cc1. The van der Waals surface area contributed by atoms with Crippen molar-refractivity contribution in [1.82, 2.24) is 14.8 Å². The molecule has 1 aromatic heterocycles. The van der Waals surface area contributed by atoms with Gasteiger partial charge in [0.25, 0.3) is 0 Å². The largest absolute Gasteiger partial charge is 0.370 e. The number of primary amides is 1. The van der Waals surface area contributed by atoms with Crippen LogP contribution >= 0.6 is 11.8 Å². The Hall–Kier alpha value is -2.68. The smallest absolute Gasteiger partial charge is 0.237 e. The molecular weight excluding hydrogens is 366 g/mol. The predicted molar refractivity (Wildman–Crippen MR) is 104 cm³/mol. The van der Waals surface area contributed by atoms with Gasteiger partial charge in [-0.3, -0.25) is 14.4 Å². The zero-order valence-electron chi connectivity index (χ0n) is 15.6. The van der Waals surface area contributed by atoms with E-state index in [2.05, 4.69) is 15.5 Å². The summed E-state index contributed by atoms with van der Waals surface area (Å²) in [6, 6.07) is 6.74. The minimum atomic E-state index is -0.407. The Bertz CT molecular complexity index is 832. The molecule has 0 bridgehead atoms. The fraction of sp³-hybridized carbons (Fsp3) is 0.389. The summed E-state index contributed by atoms with van der Waals surface area (Å²) >= 11 is 1.29. The number of nitrogens with one attached hydrogen (secondary N) is 1. The number of ketones is 1. The number of benzene rings is 1. The van der Waals surface area contributed by atoms with E-state index < -0.39 is 11.2 Å². The molecule has 0 unspecified atom stereocenters. The normalized spacial score (nSPS) is 11.8. The van der Waals surface area contributed by atoms with E-state index in [0.29, 0.717) is 35.2 Å². The lowest BCUT2D eigenvalue weighted by molar-refractivity contribution is -0.118. The number of nitrogens with two attached hydrogens (primary N) is 1. The minimum Gasteiger partial charge on any atom is -0.370 e. The molecule has 27 heavy (non-hydrogen) atoms. The van der Waals surface area contributed by atoms with E-state index in [1.165, 1.54) is 18.7 Å². The number of carbonyl (C=O) groups is 3. The van der Waals surface area contributed by atoms with Crippen LogP contribution in [-0.4, -0.2) is 37.6 Å². The average Bonchev–Trinajstić information content (AvgIpc) is 3.01. The number of nitrogens with zero attached hydrogens (tertiary/aromatic N) is 3. The van der Waals surface area contributed by atoms with Gasteiger partial charge in [0.2, 0.25) is 11.8 Å². The van der Waals surface area contributed by atoms with Gasteiger partial charge >= 0.3 is 0 Å². The summed E-state index contributed by atoms with van der Waals surface area (Å²) in [5.41, 5.74) is 6.40. The summed E-state index contributed by atoms with van der Waals surface area (Å²) in [6.07, 6.45) is 0.620. The third-order valence-corrected chi connectivity index (χ3v) is 5.00. The second-order valence-corrected chi connectivity index (χ2v) is 7.30. The van der Waals surface area contributed by atoms with Crippen molar-refractivity contribution in [3.05, 3.63) is 35.7 Å². The lowest BCUT2D eigenvalue weighted by Gasteiger charge is -2.13. The van der Waals surface area contributed by atoms with Gasteiger partial charge in [0.1, 0.15) is 5.82 Å². The van der Waals surface area contributed by atoms with E-state index in [9.17, 15) is 14.4 Å². The van der Waals surface area contributed by atoms with Crippen molar-refractivity contribution < 1.29 is 14.4 Å². The van der Waals surface area contributed by atoms with Crippen LogP contribution in [0.4, 0.5) is 5.69 Å². The van der Waals surface area contributed by atoms with Crippen molar-refractivity contribution in [3.63, 3.8) is 0 Å². The van der Waals surface area contributed by atoms with Gasteiger partial charge in [-0.05, 0) is 45.0 Å². The monoisotopic (exact) mass is 389 g/mol. The van der Waals surface area contributed by atoms with Gasteiger partial charge in [-0.25, -0.2) is 0 Å². The molecule has 9 heteroatoms. The maximum atomic E-state index is 12.4. The summed E-state index contributed by atoms with van der Waals surface area (Å²) in [4.78, 5) is 34.7. The number of hydrogen-bond donors (Lipinski definition) is 2. The lowest BCUT2D eigenvalue weighted by atomic mass is 10.1. The molecule has 2 amide bonds. The first kappa shape index (κ1) is 20.6. The van der Waals surface area contributed by atoms with Crippen molar-refractivity contribution in [2.24, 2.45) is 5.73 Å². The van der Waals surface area contributed by atoms with Crippen molar-refractivity contribution in [1.29, 1.82) is 0 Å². The summed E-state index contributed by atoms with van der Waals surface area (Å²) in [5.74, 6) is 0.0763. The van der Waals surface area contributed by atoms with Crippen LogP contribution in [0, 0.1) is 0 Å². The number of aromatic nitrogens is 3. The van der Waals surface area contributed by atoms with Crippen molar-refractivity contribution in [2.75, 3.05) is 5.32 Å². The molecule has 0 saturated heterocycles.